The predicted molar refractivity (Wildman–Crippen MR) is 97.2 cm³/mol. The summed E-state index contributed by atoms with van der Waals surface area (Å²) in [6, 6.07) is 8.39. The standard InChI is InChI=1S/C20H27N3O2/c24-19-9-1-2-11-22(19)14-15-5-3-7-17(13-15)21-20(25)23-12-10-16-6-4-8-18(16)23/h3,5,7,13,16,18H,1-2,4,6,8-12,14H2,(H,21,25)/t16-,18+/m1/s1. The fourth-order valence-corrected chi connectivity index (χ4v) is 4.68. The Balaban J connectivity index is 1.39. The summed E-state index contributed by atoms with van der Waals surface area (Å²) in [7, 11) is 0. The van der Waals surface area contributed by atoms with Gasteiger partial charge in [-0.15, -0.1) is 0 Å². The zero-order valence-electron chi connectivity index (χ0n) is 14.7. The van der Waals surface area contributed by atoms with Crippen LogP contribution in [0.25, 0.3) is 0 Å². The molecule has 25 heavy (non-hydrogen) atoms. The summed E-state index contributed by atoms with van der Waals surface area (Å²) >= 11 is 0. The van der Waals surface area contributed by atoms with Gasteiger partial charge in [0, 0.05) is 37.8 Å². The van der Waals surface area contributed by atoms with E-state index < -0.39 is 0 Å². The van der Waals surface area contributed by atoms with Crippen molar-refractivity contribution < 1.29 is 9.59 Å². The lowest BCUT2D eigenvalue weighted by Gasteiger charge is -2.27. The molecule has 0 radical (unpaired) electrons. The highest BCUT2D eigenvalue weighted by Gasteiger charge is 2.39. The third kappa shape index (κ3) is 3.51. The molecule has 2 atom stereocenters. The molecule has 1 aromatic rings. The number of benzene rings is 1. The van der Waals surface area contributed by atoms with E-state index in [-0.39, 0.29) is 11.9 Å². The van der Waals surface area contributed by atoms with E-state index >= 15 is 0 Å². The fourth-order valence-electron chi connectivity index (χ4n) is 4.68. The molecule has 3 fully saturated rings. The lowest BCUT2D eigenvalue weighted by Crippen LogP contribution is -2.39. The number of amides is 3. The zero-order valence-corrected chi connectivity index (χ0v) is 14.7. The van der Waals surface area contributed by atoms with Crippen LogP contribution in [0.3, 0.4) is 0 Å². The van der Waals surface area contributed by atoms with Crippen molar-refractivity contribution in [2.75, 3.05) is 18.4 Å². The number of urea groups is 1. The molecule has 3 amide bonds. The van der Waals surface area contributed by atoms with Gasteiger partial charge in [0.1, 0.15) is 0 Å². The average Bonchev–Trinajstić information content (AvgIpc) is 3.20. The first-order chi connectivity index (χ1) is 12.2. The van der Waals surface area contributed by atoms with Crippen molar-refractivity contribution in [2.45, 2.75) is 57.5 Å². The summed E-state index contributed by atoms with van der Waals surface area (Å²) in [4.78, 5) is 28.6. The molecular weight excluding hydrogens is 314 g/mol. The SMILES string of the molecule is O=C1CCCCN1Cc1cccc(NC(=O)N2CC[C@H]3CCC[C@@H]32)c1. The van der Waals surface area contributed by atoms with Gasteiger partial charge in [0.15, 0.2) is 0 Å². The van der Waals surface area contributed by atoms with Gasteiger partial charge >= 0.3 is 6.03 Å². The number of rotatable bonds is 3. The van der Waals surface area contributed by atoms with Crippen molar-refractivity contribution in [1.29, 1.82) is 0 Å². The molecule has 1 aromatic carbocycles. The Morgan fingerprint density at radius 2 is 2.04 bits per heavy atom. The number of hydrogen-bond donors (Lipinski definition) is 1. The van der Waals surface area contributed by atoms with E-state index in [4.69, 9.17) is 0 Å². The number of likely N-dealkylation sites (tertiary alicyclic amines) is 2. The molecule has 2 heterocycles. The van der Waals surface area contributed by atoms with Crippen LogP contribution in [-0.2, 0) is 11.3 Å². The summed E-state index contributed by atoms with van der Waals surface area (Å²) in [5, 5.41) is 3.07. The first-order valence-corrected chi connectivity index (χ1v) is 9.65. The number of carbonyl (C=O) groups excluding carboxylic acids is 2. The van der Waals surface area contributed by atoms with Gasteiger partial charge in [-0.1, -0.05) is 18.6 Å². The Hall–Kier alpha value is -2.04. The number of piperidine rings is 1. The Morgan fingerprint density at radius 3 is 2.92 bits per heavy atom. The van der Waals surface area contributed by atoms with Crippen molar-refractivity contribution in [1.82, 2.24) is 9.80 Å². The predicted octanol–water partition coefficient (Wildman–Crippen LogP) is 3.61. The van der Waals surface area contributed by atoms with E-state index in [1.807, 2.05) is 34.1 Å². The molecule has 1 aliphatic carbocycles. The topological polar surface area (TPSA) is 52.7 Å². The first kappa shape index (κ1) is 16.4. The van der Waals surface area contributed by atoms with Gasteiger partial charge in [0.05, 0.1) is 0 Å². The van der Waals surface area contributed by atoms with Gasteiger partial charge in [-0.3, -0.25) is 4.79 Å². The van der Waals surface area contributed by atoms with Crippen LogP contribution in [-0.4, -0.2) is 40.9 Å². The molecular formula is C20H27N3O2. The molecule has 3 aliphatic rings. The third-order valence-corrected chi connectivity index (χ3v) is 5.99. The summed E-state index contributed by atoms with van der Waals surface area (Å²) < 4.78 is 0. The van der Waals surface area contributed by atoms with Crippen LogP contribution in [0, 0.1) is 5.92 Å². The van der Waals surface area contributed by atoms with Crippen molar-refractivity contribution in [3.63, 3.8) is 0 Å². The second kappa shape index (κ2) is 7.06. The minimum Gasteiger partial charge on any atom is -0.338 e. The minimum atomic E-state index is 0.0283. The third-order valence-electron chi connectivity index (χ3n) is 5.99. The van der Waals surface area contributed by atoms with Crippen LogP contribution in [0.4, 0.5) is 10.5 Å². The molecule has 0 spiro atoms. The van der Waals surface area contributed by atoms with Crippen LogP contribution < -0.4 is 5.32 Å². The summed E-state index contributed by atoms with van der Waals surface area (Å²) in [6.07, 6.45) is 7.56. The van der Waals surface area contributed by atoms with Crippen molar-refractivity contribution in [2.24, 2.45) is 5.92 Å². The van der Waals surface area contributed by atoms with Gasteiger partial charge in [0.25, 0.3) is 0 Å². The van der Waals surface area contributed by atoms with Gasteiger partial charge in [-0.2, -0.15) is 0 Å². The van der Waals surface area contributed by atoms with E-state index in [9.17, 15) is 9.59 Å². The molecule has 5 nitrogen and oxygen atoms in total. The molecule has 134 valence electrons. The highest BCUT2D eigenvalue weighted by molar-refractivity contribution is 5.90. The van der Waals surface area contributed by atoms with Crippen LogP contribution in [0.2, 0.25) is 0 Å². The molecule has 4 rings (SSSR count). The lowest BCUT2D eigenvalue weighted by molar-refractivity contribution is -0.133. The number of hydrogen-bond acceptors (Lipinski definition) is 2. The number of anilines is 1. The molecule has 0 aromatic heterocycles. The Bertz CT molecular complexity index is 660. The van der Waals surface area contributed by atoms with Crippen LogP contribution in [0.1, 0.15) is 50.5 Å². The van der Waals surface area contributed by atoms with Gasteiger partial charge in [-0.25, -0.2) is 4.79 Å². The number of nitrogens with one attached hydrogen (secondary N) is 1. The molecule has 1 saturated carbocycles. The van der Waals surface area contributed by atoms with Crippen molar-refractivity contribution in [3.05, 3.63) is 29.8 Å². The summed E-state index contributed by atoms with van der Waals surface area (Å²) in [6.45, 7) is 2.35. The molecule has 1 N–H and O–H groups in total. The number of fused-ring (bicyclic) bond motifs is 1. The second-order valence-corrected chi connectivity index (χ2v) is 7.64. The summed E-state index contributed by atoms with van der Waals surface area (Å²) in [5.74, 6) is 0.951. The molecule has 0 unspecified atom stereocenters. The van der Waals surface area contributed by atoms with E-state index in [0.717, 1.165) is 50.0 Å². The Labute approximate surface area is 149 Å². The smallest absolute Gasteiger partial charge is 0.322 e. The van der Waals surface area contributed by atoms with E-state index in [1.54, 1.807) is 0 Å². The fraction of sp³-hybridized carbons (Fsp3) is 0.600. The van der Waals surface area contributed by atoms with Crippen molar-refractivity contribution in [3.8, 4) is 0 Å². The zero-order chi connectivity index (χ0) is 17.2. The highest BCUT2D eigenvalue weighted by atomic mass is 16.2. The number of carbonyl (C=O) groups is 2. The average molecular weight is 341 g/mol. The van der Waals surface area contributed by atoms with Crippen LogP contribution in [0.15, 0.2) is 24.3 Å². The van der Waals surface area contributed by atoms with Gasteiger partial charge in [-0.05, 0) is 55.7 Å². The van der Waals surface area contributed by atoms with Gasteiger partial charge in [0.2, 0.25) is 5.91 Å². The minimum absolute atomic E-state index is 0.0283. The normalized spacial score (nSPS) is 26.0. The molecule has 0 bridgehead atoms. The first-order valence-electron chi connectivity index (χ1n) is 9.65. The quantitative estimate of drug-likeness (QED) is 0.913. The van der Waals surface area contributed by atoms with E-state index in [0.29, 0.717) is 24.9 Å². The second-order valence-electron chi connectivity index (χ2n) is 7.64. The number of nitrogens with zero attached hydrogens (tertiary/aromatic N) is 2. The van der Waals surface area contributed by atoms with Crippen molar-refractivity contribution >= 4 is 17.6 Å². The van der Waals surface area contributed by atoms with E-state index in [2.05, 4.69) is 5.32 Å². The summed E-state index contributed by atoms with van der Waals surface area (Å²) in [5.41, 5.74) is 1.90. The molecule has 2 saturated heterocycles. The lowest BCUT2D eigenvalue weighted by atomic mass is 10.1. The maximum Gasteiger partial charge on any atom is 0.322 e. The van der Waals surface area contributed by atoms with Crippen LogP contribution >= 0.6 is 0 Å². The molecule has 5 heteroatoms. The largest absolute Gasteiger partial charge is 0.338 e. The maximum atomic E-state index is 12.7. The highest BCUT2D eigenvalue weighted by Crippen LogP contribution is 2.37. The van der Waals surface area contributed by atoms with Crippen LogP contribution in [0.5, 0.6) is 0 Å². The van der Waals surface area contributed by atoms with Gasteiger partial charge < -0.3 is 15.1 Å². The molecule has 2 aliphatic heterocycles. The van der Waals surface area contributed by atoms with E-state index in [1.165, 1.54) is 12.8 Å². The maximum absolute atomic E-state index is 12.7. The Kier molecular flexibility index (Phi) is 4.64. The Morgan fingerprint density at radius 1 is 1.12 bits per heavy atom. The monoisotopic (exact) mass is 341 g/mol.